The average molecular weight is 288 g/mol. The first-order valence-corrected chi connectivity index (χ1v) is 5.97. The van der Waals surface area contributed by atoms with E-state index in [0.717, 1.165) is 19.3 Å². The third-order valence-corrected chi connectivity index (χ3v) is 3.12. The van der Waals surface area contributed by atoms with Crippen molar-refractivity contribution in [2.45, 2.75) is 31.4 Å². The van der Waals surface area contributed by atoms with Crippen molar-refractivity contribution < 1.29 is 9.47 Å². The lowest BCUT2D eigenvalue weighted by Crippen LogP contribution is -2.19. The molecule has 2 rings (SSSR count). The summed E-state index contributed by atoms with van der Waals surface area (Å²) in [6, 6.07) is 0.585. The summed E-state index contributed by atoms with van der Waals surface area (Å²) in [5.41, 5.74) is 5.81. The minimum Gasteiger partial charge on any atom is -0.480 e. The number of ether oxygens (including phenoxy) is 2. The SMILES string of the molecule is COc1nc(OC2CCC(N)C2)ncc1Br. The Balaban J connectivity index is 2.04. The van der Waals surface area contributed by atoms with E-state index in [4.69, 9.17) is 15.2 Å². The van der Waals surface area contributed by atoms with Gasteiger partial charge in [0, 0.05) is 6.04 Å². The van der Waals surface area contributed by atoms with Crippen molar-refractivity contribution in [2.75, 3.05) is 7.11 Å². The number of hydrogen-bond donors (Lipinski definition) is 1. The van der Waals surface area contributed by atoms with Crippen molar-refractivity contribution in [3.63, 3.8) is 0 Å². The summed E-state index contributed by atoms with van der Waals surface area (Å²) in [7, 11) is 1.56. The van der Waals surface area contributed by atoms with E-state index in [1.165, 1.54) is 0 Å². The summed E-state index contributed by atoms with van der Waals surface area (Å²) >= 11 is 3.29. The molecule has 1 heterocycles. The normalized spacial score (nSPS) is 24.4. The first-order valence-electron chi connectivity index (χ1n) is 5.18. The number of methoxy groups -OCH3 is 1. The topological polar surface area (TPSA) is 70.3 Å². The summed E-state index contributed by atoms with van der Waals surface area (Å²) < 4.78 is 11.4. The number of aromatic nitrogens is 2. The maximum atomic E-state index is 5.81. The van der Waals surface area contributed by atoms with Gasteiger partial charge in [0.2, 0.25) is 5.88 Å². The van der Waals surface area contributed by atoms with Gasteiger partial charge in [-0.15, -0.1) is 0 Å². The van der Waals surface area contributed by atoms with Crippen LogP contribution in [-0.2, 0) is 0 Å². The molecule has 1 saturated carbocycles. The van der Waals surface area contributed by atoms with Crippen LogP contribution in [0.15, 0.2) is 10.7 Å². The zero-order valence-electron chi connectivity index (χ0n) is 9.02. The number of halogens is 1. The van der Waals surface area contributed by atoms with E-state index in [1.807, 2.05) is 0 Å². The number of hydrogen-bond acceptors (Lipinski definition) is 5. The molecule has 2 N–H and O–H groups in total. The van der Waals surface area contributed by atoms with Crippen LogP contribution in [0.3, 0.4) is 0 Å². The lowest BCUT2D eigenvalue weighted by Gasteiger charge is -2.12. The van der Waals surface area contributed by atoms with Crippen molar-refractivity contribution in [3.8, 4) is 11.9 Å². The van der Waals surface area contributed by atoms with Gasteiger partial charge < -0.3 is 15.2 Å². The molecule has 0 aliphatic heterocycles. The quantitative estimate of drug-likeness (QED) is 0.912. The van der Waals surface area contributed by atoms with Crippen LogP contribution in [0.2, 0.25) is 0 Å². The van der Waals surface area contributed by atoms with Crippen molar-refractivity contribution in [2.24, 2.45) is 5.73 Å². The van der Waals surface area contributed by atoms with Gasteiger partial charge in [0.1, 0.15) is 6.10 Å². The maximum Gasteiger partial charge on any atom is 0.320 e. The summed E-state index contributed by atoms with van der Waals surface area (Å²) in [6.45, 7) is 0. The highest BCUT2D eigenvalue weighted by Crippen LogP contribution is 2.25. The van der Waals surface area contributed by atoms with Gasteiger partial charge in [-0.3, -0.25) is 0 Å². The van der Waals surface area contributed by atoms with Crippen molar-refractivity contribution >= 4 is 15.9 Å². The standard InChI is InChI=1S/C10H14BrN3O2/c1-15-9-8(11)5-13-10(14-9)16-7-3-2-6(12)4-7/h5-7H,2-4,12H2,1H3. The zero-order valence-corrected chi connectivity index (χ0v) is 10.6. The summed E-state index contributed by atoms with van der Waals surface area (Å²) in [6.07, 6.45) is 4.57. The van der Waals surface area contributed by atoms with Gasteiger partial charge in [-0.1, -0.05) is 0 Å². The van der Waals surface area contributed by atoms with E-state index in [-0.39, 0.29) is 12.1 Å². The number of rotatable bonds is 3. The molecule has 1 aliphatic rings. The molecule has 6 heteroatoms. The molecule has 1 aromatic rings. The summed E-state index contributed by atoms with van der Waals surface area (Å²) in [4.78, 5) is 8.21. The first-order chi connectivity index (χ1) is 7.69. The fourth-order valence-electron chi connectivity index (χ4n) is 1.77. The van der Waals surface area contributed by atoms with Crippen LogP contribution < -0.4 is 15.2 Å². The smallest absolute Gasteiger partial charge is 0.320 e. The highest BCUT2D eigenvalue weighted by molar-refractivity contribution is 9.10. The van der Waals surface area contributed by atoms with Crippen molar-refractivity contribution in [1.29, 1.82) is 0 Å². The van der Waals surface area contributed by atoms with Gasteiger partial charge in [0.05, 0.1) is 17.8 Å². The summed E-state index contributed by atoms with van der Waals surface area (Å²) in [5.74, 6) is 0.479. The van der Waals surface area contributed by atoms with Gasteiger partial charge in [0.15, 0.2) is 0 Å². The van der Waals surface area contributed by atoms with Gasteiger partial charge in [0.25, 0.3) is 0 Å². The third kappa shape index (κ3) is 2.62. The predicted octanol–water partition coefficient (Wildman–Crippen LogP) is 1.51. The average Bonchev–Trinajstić information content (AvgIpc) is 2.67. The van der Waals surface area contributed by atoms with E-state index in [2.05, 4.69) is 25.9 Å². The Labute approximate surface area is 102 Å². The largest absolute Gasteiger partial charge is 0.480 e. The molecule has 16 heavy (non-hydrogen) atoms. The Bertz CT molecular complexity index is 375. The van der Waals surface area contributed by atoms with E-state index >= 15 is 0 Å². The van der Waals surface area contributed by atoms with Crippen LogP contribution in [0.4, 0.5) is 0 Å². The van der Waals surface area contributed by atoms with Gasteiger partial charge in [-0.05, 0) is 35.2 Å². The number of nitrogens with zero attached hydrogens (tertiary/aromatic N) is 2. The highest BCUT2D eigenvalue weighted by atomic mass is 79.9. The fourth-order valence-corrected chi connectivity index (χ4v) is 2.12. The molecule has 0 aromatic carbocycles. The predicted molar refractivity (Wildman–Crippen MR) is 62.5 cm³/mol. The number of nitrogens with two attached hydrogens (primary N) is 1. The van der Waals surface area contributed by atoms with E-state index in [0.29, 0.717) is 16.4 Å². The first kappa shape index (κ1) is 11.6. The molecule has 88 valence electrons. The van der Waals surface area contributed by atoms with Crippen LogP contribution in [-0.4, -0.2) is 29.2 Å². The molecule has 1 aliphatic carbocycles. The second-order valence-corrected chi connectivity index (χ2v) is 4.68. The monoisotopic (exact) mass is 287 g/mol. The van der Waals surface area contributed by atoms with Crippen LogP contribution in [0, 0.1) is 0 Å². The molecule has 5 nitrogen and oxygen atoms in total. The van der Waals surface area contributed by atoms with Crippen LogP contribution in [0.25, 0.3) is 0 Å². The molecule has 2 atom stereocenters. The second kappa shape index (κ2) is 4.97. The van der Waals surface area contributed by atoms with E-state index in [9.17, 15) is 0 Å². The minimum absolute atomic E-state index is 0.126. The molecule has 1 fully saturated rings. The van der Waals surface area contributed by atoms with Gasteiger partial charge in [-0.2, -0.15) is 4.98 Å². The maximum absolute atomic E-state index is 5.81. The zero-order chi connectivity index (χ0) is 11.5. The third-order valence-electron chi connectivity index (χ3n) is 2.58. The lowest BCUT2D eigenvalue weighted by atomic mass is 10.3. The summed E-state index contributed by atoms with van der Waals surface area (Å²) in [5, 5.41) is 0. The Morgan fingerprint density at radius 1 is 1.50 bits per heavy atom. The lowest BCUT2D eigenvalue weighted by molar-refractivity contribution is 0.188. The Hall–Kier alpha value is -0.880. The minimum atomic E-state index is 0.126. The molecule has 0 radical (unpaired) electrons. The van der Waals surface area contributed by atoms with Crippen molar-refractivity contribution in [3.05, 3.63) is 10.7 Å². The van der Waals surface area contributed by atoms with Crippen LogP contribution in [0.5, 0.6) is 11.9 Å². The molecule has 1 aromatic heterocycles. The van der Waals surface area contributed by atoms with Crippen LogP contribution >= 0.6 is 15.9 Å². The Morgan fingerprint density at radius 2 is 2.31 bits per heavy atom. The molecule has 0 amide bonds. The van der Waals surface area contributed by atoms with Crippen molar-refractivity contribution in [1.82, 2.24) is 9.97 Å². The molecule has 2 unspecified atom stereocenters. The van der Waals surface area contributed by atoms with Gasteiger partial charge >= 0.3 is 6.01 Å². The molecular formula is C10H14BrN3O2. The Kier molecular flexibility index (Phi) is 3.60. The fraction of sp³-hybridized carbons (Fsp3) is 0.600. The second-order valence-electron chi connectivity index (χ2n) is 3.82. The van der Waals surface area contributed by atoms with E-state index in [1.54, 1.807) is 13.3 Å². The molecule has 0 spiro atoms. The highest BCUT2D eigenvalue weighted by Gasteiger charge is 2.24. The van der Waals surface area contributed by atoms with Crippen LogP contribution in [0.1, 0.15) is 19.3 Å². The Morgan fingerprint density at radius 3 is 2.94 bits per heavy atom. The van der Waals surface area contributed by atoms with Gasteiger partial charge in [-0.25, -0.2) is 4.98 Å². The molecular weight excluding hydrogens is 274 g/mol. The van der Waals surface area contributed by atoms with E-state index < -0.39 is 0 Å². The molecule has 0 saturated heterocycles. The molecule has 0 bridgehead atoms.